The number of rotatable bonds is 6. The van der Waals surface area contributed by atoms with Crippen molar-refractivity contribution in [2.24, 2.45) is 7.05 Å². The van der Waals surface area contributed by atoms with E-state index in [1.165, 1.54) is 30.8 Å². The van der Waals surface area contributed by atoms with Crippen LogP contribution in [0, 0.1) is 0 Å². The lowest BCUT2D eigenvalue weighted by atomic mass is 9.96. The van der Waals surface area contributed by atoms with Gasteiger partial charge in [-0.3, -0.25) is 4.98 Å². The van der Waals surface area contributed by atoms with Crippen LogP contribution in [0.1, 0.15) is 36.8 Å². The van der Waals surface area contributed by atoms with E-state index in [2.05, 4.69) is 25.1 Å². The molecule has 0 aliphatic heterocycles. The third-order valence-electron chi connectivity index (χ3n) is 6.99. The summed E-state index contributed by atoms with van der Waals surface area (Å²) in [5, 5.41) is 4.10. The Hall–Kier alpha value is -4.13. The first-order valence-corrected chi connectivity index (χ1v) is 13.7. The number of aromatic nitrogens is 6. The van der Waals surface area contributed by atoms with Crippen molar-refractivity contribution in [3.05, 3.63) is 71.9 Å². The molecule has 0 radical (unpaired) electrons. The zero-order chi connectivity index (χ0) is 27.6. The quantitative estimate of drug-likeness (QED) is 0.289. The van der Waals surface area contributed by atoms with Crippen molar-refractivity contribution >= 4 is 21.0 Å². The van der Waals surface area contributed by atoms with Crippen molar-refractivity contribution in [3.8, 4) is 22.9 Å². The maximum atomic E-state index is 13.2. The lowest BCUT2D eigenvalue weighted by molar-refractivity contribution is -0.137. The summed E-state index contributed by atoms with van der Waals surface area (Å²) in [6.07, 6.45) is -0.790. The number of alkyl halides is 3. The van der Waals surface area contributed by atoms with Gasteiger partial charge in [0.05, 0.1) is 21.6 Å². The summed E-state index contributed by atoms with van der Waals surface area (Å²) in [7, 11) is -2.31. The molecule has 0 atom stereocenters. The Balaban J connectivity index is 1.45. The molecular weight excluding hydrogens is 533 g/mol. The van der Waals surface area contributed by atoms with Gasteiger partial charge >= 0.3 is 6.18 Å². The zero-order valence-electron chi connectivity index (χ0n) is 20.8. The molecule has 6 rings (SSSR count). The predicted molar refractivity (Wildman–Crippen MR) is 134 cm³/mol. The van der Waals surface area contributed by atoms with Crippen molar-refractivity contribution in [1.82, 2.24) is 29.7 Å². The number of nitrogens with zero attached hydrogens (tertiary/aromatic N) is 6. The Morgan fingerprint density at radius 1 is 1.05 bits per heavy atom. The fourth-order valence-corrected chi connectivity index (χ4v) is 5.67. The minimum absolute atomic E-state index is 0.0127. The van der Waals surface area contributed by atoms with Crippen LogP contribution >= 0.6 is 0 Å². The second-order valence-electron chi connectivity index (χ2n) is 9.40. The summed E-state index contributed by atoms with van der Waals surface area (Å²) in [5.41, 5.74) is 0.164. The van der Waals surface area contributed by atoms with Crippen LogP contribution in [0.5, 0.6) is 0 Å². The fraction of sp³-hybridized carbons (Fsp3) is 0.269. The maximum Gasteiger partial charge on any atom is 0.417 e. The minimum Gasteiger partial charge on any atom is -0.338 e. The lowest BCUT2D eigenvalue weighted by Gasteiger charge is -2.10. The SMILES string of the molecule is CCS(=O)(=O)c1cc(-c2noc(C3(c4ccccc4)CC3)n2)cnc1-c1nc2cc(C(F)(F)F)cnc2n1C. The molecule has 4 heterocycles. The van der Waals surface area contributed by atoms with Gasteiger partial charge in [0, 0.05) is 25.0 Å². The van der Waals surface area contributed by atoms with E-state index < -0.39 is 21.6 Å². The van der Waals surface area contributed by atoms with Gasteiger partial charge in [0.2, 0.25) is 11.7 Å². The molecule has 39 heavy (non-hydrogen) atoms. The summed E-state index contributed by atoms with van der Waals surface area (Å²) < 4.78 is 72.9. The molecule has 0 bridgehead atoms. The van der Waals surface area contributed by atoms with Crippen LogP contribution in [0.3, 0.4) is 0 Å². The van der Waals surface area contributed by atoms with Gasteiger partial charge in [-0.1, -0.05) is 42.4 Å². The molecule has 0 unspecified atom stereocenters. The highest BCUT2D eigenvalue weighted by Gasteiger charge is 2.51. The van der Waals surface area contributed by atoms with Gasteiger partial charge in [-0.25, -0.2) is 18.4 Å². The molecule has 9 nitrogen and oxygen atoms in total. The highest BCUT2D eigenvalue weighted by molar-refractivity contribution is 7.91. The van der Waals surface area contributed by atoms with E-state index in [0.717, 1.165) is 24.5 Å². The van der Waals surface area contributed by atoms with E-state index in [-0.39, 0.29) is 44.6 Å². The van der Waals surface area contributed by atoms with Crippen LogP contribution in [-0.2, 0) is 28.5 Å². The van der Waals surface area contributed by atoms with E-state index in [0.29, 0.717) is 17.7 Å². The van der Waals surface area contributed by atoms with Crippen LogP contribution in [0.15, 0.2) is 64.3 Å². The molecule has 1 fully saturated rings. The first-order valence-electron chi connectivity index (χ1n) is 12.1. The number of fused-ring (bicyclic) bond motifs is 1. The molecule has 1 aliphatic rings. The van der Waals surface area contributed by atoms with Crippen molar-refractivity contribution < 1.29 is 26.1 Å². The number of halogens is 3. The van der Waals surface area contributed by atoms with E-state index in [4.69, 9.17) is 4.52 Å². The Morgan fingerprint density at radius 2 is 1.79 bits per heavy atom. The molecular formula is C26H21F3N6O3S. The van der Waals surface area contributed by atoms with Crippen LogP contribution in [0.4, 0.5) is 13.2 Å². The van der Waals surface area contributed by atoms with Gasteiger partial charge in [-0.2, -0.15) is 18.2 Å². The molecule has 1 aliphatic carbocycles. The largest absolute Gasteiger partial charge is 0.417 e. The van der Waals surface area contributed by atoms with Crippen LogP contribution in [0.25, 0.3) is 34.1 Å². The number of imidazole rings is 1. The molecule has 0 N–H and O–H groups in total. The molecule has 200 valence electrons. The highest BCUT2D eigenvalue weighted by Crippen LogP contribution is 2.53. The van der Waals surface area contributed by atoms with Crippen LogP contribution in [0.2, 0.25) is 0 Å². The van der Waals surface area contributed by atoms with Crippen molar-refractivity contribution in [2.75, 3.05) is 5.75 Å². The van der Waals surface area contributed by atoms with Crippen molar-refractivity contribution in [2.45, 2.75) is 36.3 Å². The summed E-state index contributed by atoms with van der Waals surface area (Å²) in [5.74, 6) is 0.445. The van der Waals surface area contributed by atoms with Gasteiger partial charge in [0.1, 0.15) is 11.2 Å². The fourth-order valence-electron chi connectivity index (χ4n) is 4.61. The van der Waals surface area contributed by atoms with E-state index in [1.807, 2.05) is 30.3 Å². The molecule has 0 amide bonds. The Bertz CT molecular complexity index is 1830. The third-order valence-corrected chi connectivity index (χ3v) is 8.73. The second kappa shape index (κ2) is 8.70. The second-order valence-corrected chi connectivity index (χ2v) is 11.7. The number of pyridine rings is 2. The first kappa shape index (κ1) is 25.2. The molecule has 0 spiro atoms. The number of hydrogen-bond acceptors (Lipinski definition) is 8. The molecule has 0 saturated heterocycles. The van der Waals surface area contributed by atoms with Gasteiger partial charge < -0.3 is 9.09 Å². The van der Waals surface area contributed by atoms with Gasteiger partial charge in [-0.15, -0.1) is 0 Å². The van der Waals surface area contributed by atoms with Crippen LogP contribution in [-0.4, -0.2) is 43.8 Å². The average molecular weight is 555 g/mol. The first-order chi connectivity index (χ1) is 18.5. The standard InChI is InChI=1S/C26H21F3N6O3S/c1-3-39(36,37)19-11-15(21-33-24(38-34-21)25(9-10-25)16-7-5-4-6-8-16)13-30-20(19)23-32-18-12-17(26(27,28)29)14-31-22(18)35(23)2/h4-8,11-14H,3,9-10H2,1-2H3. The monoisotopic (exact) mass is 554 g/mol. The Kier molecular flexibility index (Phi) is 5.61. The third kappa shape index (κ3) is 4.17. The van der Waals surface area contributed by atoms with Gasteiger partial charge in [0.25, 0.3) is 0 Å². The molecule has 1 saturated carbocycles. The van der Waals surface area contributed by atoms with E-state index in [9.17, 15) is 21.6 Å². The van der Waals surface area contributed by atoms with Crippen LogP contribution < -0.4 is 0 Å². The Labute approximate surface area is 220 Å². The summed E-state index contributed by atoms with van der Waals surface area (Å²) in [4.78, 5) is 17.0. The zero-order valence-corrected chi connectivity index (χ0v) is 21.6. The topological polar surface area (TPSA) is 117 Å². The molecule has 1 aromatic carbocycles. The predicted octanol–water partition coefficient (Wildman–Crippen LogP) is 4.97. The molecule has 5 aromatic rings. The number of aryl methyl sites for hydroxylation is 1. The number of sulfone groups is 1. The normalized spacial score (nSPS) is 15.1. The van der Waals surface area contributed by atoms with Gasteiger partial charge in [0.15, 0.2) is 21.3 Å². The highest BCUT2D eigenvalue weighted by atomic mass is 32.2. The summed E-state index contributed by atoms with van der Waals surface area (Å²) in [6.45, 7) is 1.49. The van der Waals surface area contributed by atoms with E-state index >= 15 is 0 Å². The van der Waals surface area contributed by atoms with Gasteiger partial charge in [-0.05, 0) is 30.5 Å². The Morgan fingerprint density at radius 3 is 2.46 bits per heavy atom. The number of benzene rings is 1. The summed E-state index contributed by atoms with van der Waals surface area (Å²) >= 11 is 0. The lowest BCUT2D eigenvalue weighted by Crippen LogP contribution is -2.10. The van der Waals surface area contributed by atoms with Crippen molar-refractivity contribution in [1.29, 1.82) is 0 Å². The number of hydrogen-bond donors (Lipinski definition) is 0. The van der Waals surface area contributed by atoms with Crippen molar-refractivity contribution in [3.63, 3.8) is 0 Å². The summed E-state index contributed by atoms with van der Waals surface area (Å²) in [6, 6.07) is 12.1. The smallest absolute Gasteiger partial charge is 0.338 e. The average Bonchev–Trinajstić information content (AvgIpc) is 3.47. The van der Waals surface area contributed by atoms with E-state index in [1.54, 1.807) is 0 Å². The minimum atomic E-state index is -4.60. The molecule has 13 heteroatoms. The molecule has 4 aromatic heterocycles. The maximum absolute atomic E-state index is 13.2.